The van der Waals surface area contributed by atoms with E-state index in [-0.39, 0.29) is 5.56 Å². The first-order chi connectivity index (χ1) is 10.3. The highest BCUT2D eigenvalue weighted by Crippen LogP contribution is 2.18. The molecule has 0 atom stereocenters. The maximum atomic E-state index is 11.7. The third-order valence-electron chi connectivity index (χ3n) is 2.88. The van der Waals surface area contributed by atoms with Crippen molar-refractivity contribution in [1.29, 1.82) is 0 Å². The third kappa shape index (κ3) is 4.77. The Labute approximate surface area is 129 Å². The summed E-state index contributed by atoms with van der Waals surface area (Å²) in [6.07, 6.45) is 1.23. The number of amides is 1. The molecule has 0 aliphatic rings. The summed E-state index contributed by atoms with van der Waals surface area (Å²) in [5.74, 6) is 0. The van der Waals surface area contributed by atoms with Crippen LogP contribution in [-0.4, -0.2) is 16.7 Å². The van der Waals surface area contributed by atoms with Gasteiger partial charge in [-0.25, -0.2) is 4.79 Å². The van der Waals surface area contributed by atoms with Crippen molar-refractivity contribution < 1.29 is 9.53 Å². The summed E-state index contributed by atoms with van der Waals surface area (Å²) in [4.78, 5) is 25.4. The van der Waals surface area contributed by atoms with Crippen LogP contribution in [0.5, 0.6) is 0 Å². The molecule has 0 unspecified atom stereocenters. The minimum atomic E-state index is -0.512. The number of ether oxygens (including phenoxy) is 1. The molecule has 0 bridgehead atoms. The summed E-state index contributed by atoms with van der Waals surface area (Å²) in [7, 11) is 0. The van der Waals surface area contributed by atoms with Crippen LogP contribution in [0.25, 0.3) is 11.1 Å². The quantitative estimate of drug-likeness (QED) is 0.915. The normalized spacial score (nSPS) is 11.0. The number of H-pyrrole nitrogens is 1. The fourth-order valence-electron chi connectivity index (χ4n) is 1.94. The van der Waals surface area contributed by atoms with Crippen LogP contribution in [0.15, 0.2) is 47.4 Å². The molecule has 1 heterocycles. The zero-order chi connectivity index (χ0) is 16.2. The number of pyridine rings is 1. The first-order valence-electron chi connectivity index (χ1n) is 7.08. The molecule has 0 saturated heterocycles. The van der Waals surface area contributed by atoms with Gasteiger partial charge in [0, 0.05) is 18.8 Å². The fraction of sp³-hybridized carbons (Fsp3) is 0.294. The number of hydrogen-bond donors (Lipinski definition) is 2. The number of carbonyl (C=O) groups is 1. The third-order valence-corrected chi connectivity index (χ3v) is 2.88. The van der Waals surface area contributed by atoms with E-state index in [9.17, 15) is 9.59 Å². The Morgan fingerprint density at radius 3 is 2.59 bits per heavy atom. The number of nitrogens with one attached hydrogen (secondary N) is 2. The van der Waals surface area contributed by atoms with E-state index in [1.54, 1.807) is 12.3 Å². The molecule has 1 aromatic carbocycles. The monoisotopic (exact) mass is 300 g/mol. The summed E-state index contributed by atoms with van der Waals surface area (Å²) in [5, 5.41) is 2.72. The second-order valence-corrected chi connectivity index (χ2v) is 6.00. The smallest absolute Gasteiger partial charge is 0.407 e. The Morgan fingerprint density at radius 1 is 1.18 bits per heavy atom. The Kier molecular flexibility index (Phi) is 4.65. The SMILES string of the molecule is CC(C)(C)OC(=O)NCc1cccc(-c2ccc(=O)[nH]c2)c1. The van der Waals surface area contributed by atoms with Crippen molar-refractivity contribution in [2.24, 2.45) is 0 Å². The molecule has 2 rings (SSSR count). The largest absolute Gasteiger partial charge is 0.444 e. The van der Waals surface area contributed by atoms with Gasteiger partial charge >= 0.3 is 6.09 Å². The molecule has 5 nitrogen and oxygen atoms in total. The van der Waals surface area contributed by atoms with E-state index in [0.717, 1.165) is 16.7 Å². The minimum Gasteiger partial charge on any atom is -0.444 e. The Balaban J connectivity index is 2.04. The number of aromatic amines is 1. The minimum absolute atomic E-state index is 0.133. The van der Waals surface area contributed by atoms with Crippen LogP contribution in [0, 0.1) is 0 Å². The molecule has 116 valence electrons. The van der Waals surface area contributed by atoms with Crippen molar-refractivity contribution >= 4 is 6.09 Å². The standard InChI is InChI=1S/C17H20N2O3/c1-17(2,3)22-16(21)19-10-12-5-4-6-13(9-12)14-7-8-15(20)18-11-14/h4-9,11H,10H2,1-3H3,(H,18,20)(H,19,21). The van der Waals surface area contributed by atoms with E-state index in [4.69, 9.17) is 4.74 Å². The van der Waals surface area contributed by atoms with Gasteiger partial charge in [-0.15, -0.1) is 0 Å². The second-order valence-electron chi connectivity index (χ2n) is 6.00. The summed E-state index contributed by atoms with van der Waals surface area (Å²) in [5.41, 5.74) is 2.20. The zero-order valence-electron chi connectivity index (χ0n) is 13.0. The molecular formula is C17H20N2O3. The topological polar surface area (TPSA) is 71.2 Å². The van der Waals surface area contributed by atoms with Gasteiger partial charge in [-0.1, -0.05) is 18.2 Å². The van der Waals surface area contributed by atoms with E-state index < -0.39 is 11.7 Å². The van der Waals surface area contributed by atoms with Crippen molar-refractivity contribution in [2.45, 2.75) is 32.9 Å². The van der Waals surface area contributed by atoms with Crippen molar-refractivity contribution in [2.75, 3.05) is 0 Å². The predicted molar refractivity (Wildman–Crippen MR) is 85.6 cm³/mol. The highest BCUT2D eigenvalue weighted by Gasteiger charge is 2.15. The van der Waals surface area contributed by atoms with Crippen LogP contribution in [0.1, 0.15) is 26.3 Å². The Morgan fingerprint density at radius 2 is 1.95 bits per heavy atom. The van der Waals surface area contributed by atoms with Gasteiger partial charge in [-0.05, 0) is 49.6 Å². The molecule has 1 aromatic heterocycles. The maximum absolute atomic E-state index is 11.7. The lowest BCUT2D eigenvalue weighted by atomic mass is 10.0. The van der Waals surface area contributed by atoms with E-state index >= 15 is 0 Å². The van der Waals surface area contributed by atoms with E-state index in [2.05, 4.69) is 10.3 Å². The van der Waals surface area contributed by atoms with Crippen molar-refractivity contribution in [1.82, 2.24) is 10.3 Å². The zero-order valence-corrected chi connectivity index (χ0v) is 13.0. The molecule has 22 heavy (non-hydrogen) atoms. The first kappa shape index (κ1) is 15.8. The van der Waals surface area contributed by atoms with Gasteiger partial charge in [0.2, 0.25) is 5.56 Å². The van der Waals surface area contributed by atoms with E-state index in [0.29, 0.717) is 6.54 Å². The number of aromatic nitrogens is 1. The van der Waals surface area contributed by atoms with Gasteiger partial charge in [0.25, 0.3) is 0 Å². The highest BCUT2D eigenvalue weighted by molar-refractivity contribution is 5.68. The van der Waals surface area contributed by atoms with Gasteiger partial charge < -0.3 is 15.0 Å². The van der Waals surface area contributed by atoms with Crippen LogP contribution < -0.4 is 10.9 Å². The fourth-order valence-corrected chi connectivity index (χ4v) is 1.94. The summed E-state index contributed by atoms with van der Waals surface area (Å²) in [6, 6.07) is 11.0. The molecule has 0 fully saturated rings. The van der Waals surface area contributed by atoms with Crippen LogP contribution in [0.2, 0.25) is 0 Å². The second kappa shape index (κ2) is 6.47. The summed E-state index contributed by atoms with van der Waals surface area (Å²) < 4.78 is 5.20. The number of alkyl carbamates (subject to hydrolysis) is 1. The molecule has 0 aliphatic heterocycles. The molecule has 0 spiro atoms. The van der Waals surface area contributed by atoms with Gasteiger partial charge in [-0.2, -0.15) is 0 Å². The molecule has 0 radical (unpaired) electrons. The van der Waals surface area contributed by atoms with Gasteiger partial charge in [0.05, 0.1) is 0 Å². The lowest BCUT2D eigenvalue weighted by Gasteiger charge is -2.19. The molecule has 5 heteroatoms. The highest BCUT2D eigenvalue weighted by atomic mass is 16.6. The molecular weight excluding hydrogens is 280 g/mol. The molecule has 2 aromatic rings. The van der Waals surface area contributed by atoms with Crippen LogP contribution in [0.3, 0.4) is 0 Å². The van der Waals surface area contributed by atoms with Crippen molar-refractivity contribution in [3.05, 3.63) is 58.5 Å². The summed E-state index contributed by atoms with van der Waals surface area (Å²) >= 11 is 0. The van der Waals surface area contributed by atoms with E-state index in [1.807, 2.05) is 45.0 Å². The van der Waals surface area contributed by atoms with Gasteiger partial charge in [0.15, 0.2) is 0 Å². The molecule has 1 amide bonds. The summed E-state index contributed by atoms with van der Waals surface area (Å²) in [6.45, 7) is 5.85. The Bertz CT molecular complexity index is 694. The van der Waals surface area contributed by atoms with Gasteiger partial charge in [0.1, 0.15) is 5.60 Å². The number of carbonyl (C=O) groups excluding carboxylic acids is 1. The Hall–Kier alpha value is -2.56. The number of benzene rings is 1. The average Bonchev–Trinajstić information content (AvgIpc) is 2.44. The van der Waals surface area contributed by atoms with Crippen LogP contribution in [0.4, 0.5) is 4.79 Å². The number of hydrogen-bond acceptors (Lipinski definition) is 3. The van der Waals surface area contributed by atoms with Crippen LogP contribution in [-0.2, 0) is 11.3 Å². The first-order valence-corrected chi connectivity index (χ1v) is 7.08. The van der Waals surface area contributed by atoms with E-state index in [1.165, 1.54) is 6.07 Å². The predicted octanol–water partition coefficient (Wildman–Crippen LogP) is 3.07. The van der Waals surface area contributed by atoms with Crippen molar-refractivity contribution in [3.63, 3.8) is 0 Å². The maximum Gasteiger partial charge on any atom is 0.407 e. The lowest BCUT2D eigenvalue weighted by molar-refractivity contribution is 0.0523. The average molecular weight is 300 g/mol. The molecule has 0 aliphatic carbocycles. The van der Waals surface area contributed by atoms with Crippen LogP contribution >= 0.6 is 0 Å². The molecule has 2 N–H and O–H groups in total. The van der Waals surface area contributed by atoms with Gasteiger partial charge in [-0.3, -0.25) is 4.79 Å². The molecule has 0 saturated carbocycles. The van der Waals surface area contributed by atoms with Crippen molar-refractivity contribution in [3.8, 4) is 11.1 Å². The lowest BCUT2D eigenvalue weighted by Crippen LogP contribution is -2.32. The number of rotatable bonds is 3.